The summed E-state index contributed by atoms with van der Waals surface area (Å²) in [7, 11) is 0. The minimum atomic E-state index is -0.250. The molecule has 0 unspecified atom stereocenters. The molecule has 1 aromatic carbocycles. The molecular weight excluding hydrogens is 203 g/mol. The molecule has 0 saturated heterocycles. The van der Waals surface area contributed by atoms with Crippen molar-refractivity contribution < 1.29 is 9.13 Å². The van der Waals surface area contributed by atoms with Crippen LogP contribution >= 0.6 is 11.6 Å². The Hall–Kier alpha value is -0.760. The van der Waals surface area contributed by atoms with Gasteiger partial charge in [0.1, 0.15) is 0 Å². The van der Waals surface area contributed by atoms with E-state index in [4.69, 9.17) is 16.3 Å². The third kappa shape index (κ3) is 2.88. The highest BCUT2D eigenvalue weighted by atomic mass is 35.5. The zero-order chi connectivity index (χ0) is 10.4. The molecule has 1 rings (SSSR count). The summed E-state index contributed by atoms with van der Waals surface area (Å²) in [6, 6.07) is 5.21. The standard InChI is InChI=1S/C11H14ClFO/c1-2-14-10-7-3-5-9(11(10)13)6-4-8-12/h3,5,7H,2,4,6,8H2,1H3. The summed E-state index contributed by atoms with van der Waals surface area (Å²) in [5.41, 5.74) is 0.677. The molecule has 14 heavy (non-hydrogen) atoms. The van der Waals surface area contributed by atoms with Crippen LogP contribution in [0.2, 0.25) is 0 Å². The van der Waals surface area contributed by atoms with Gasteiger partial charge in [-0.3, -0.25) is 0 Å². The van der Waals surface area contributed by atoms with E-state index in [0.717, 1.165) is 6.42 Å². The van der Waals surface area contributed by atoms with Crippen LogP contribution in [0.1, 0.15) is 18.9 Å². The number of hydrogen-bond donors (Lipinski definition) is 0. The molecule has 78 valence electrons. The summed E-state index contributed by atoms with van der Waals surface area (Å²) in [5.74, 6) is 0.636. The molecule has 0 amide bonds. The van der Waals surface area contributed by atoms with Crippen molar-refractivity contribution in [2.75, 3.05) is 12.5 Å². The Bertz CT molecular complexity index is 289. The fourth-order valence-corrected chi connectivity index (χ4v) is 1.41. The Morgan fingerprint density at radius 2 is 2.21 bits per heavy atom. The molecule has 0 fully saturated rings. The van der Waals surface area contributed by atoms with Crippen molar-refractivity contribution in [2.24, 2.45) is 0 Å². The molecule has 0 aliphatic rings. The van der Waals surface area contributed by atoms with Crippen LogP contribution in [0.5, 0.6) is 5.75 Å². The van der Waals surface area contributed by atoms with Gasteiger partial charge in [0.05, 0.1) is 6.61 Å². The number of alkyl halides is 1. The summed E-state index contributed by atoms with van der Waals surface area (Å²) >= 11 is 5.55. The third-order valence-corrected chi connectivity index (χ3v) is 2.19. The van der Waals surface area contributed by atoms with Gasteiger partial charge in [-0.1, -0.05) is 12.1 Å². The lowest BCUT2D eigenvalue weighted by molar-refractivity contribution is 0.320. The Labute approximate surface area is 88.8 Å². The molecule has 0 atom stereocenters. The second kappa shape index (κ2) is 5.86. The van der Waals surface area contributed by atoms with Gasteiger partial charge in [0, 0.05) is 5.88 Å². The van der Waals surface area contributed by atoms with E-state index in [1.807, 2.05) is 6.92 Å². The number of aryl methyl sites for hydroxylation is 1. The molecule has 0 radical (unpaired) electrons. The van der Waals surface area contributed by atoms with Crippen LogP contribution in [-0.4, -0.2) is 12.5 Å². The number of benzene rings is 1. The zero-order valence-corrected chi connectivity index (χ0v) is 8.98. The van der Waals surface area contributed by atoms with Crippen molar-refractivity contribution in [3.63, 3.8) is 0 Å². The molecule has 0 bridgehead atoms. The van der Waals surface area contributed by atoms with E-state index in [1.54, 1.807) is 18.2 Å². The monoisotopic (exact) mass is 216 g/mol. The zero-order valence-electron chi connectivity index (χ0n) is 8.22. The molecule has 3 heteroatoms. The van der Waals surface area contributed by atoms with Crippen LogP contribution < -0.4 is 4.74 Å². The van der Waals surface area contributed by atoms with E-state index in [2.05, 4.69) is 0 Å². The molecular formula is C11H14ClFO. The highest BCUT2D eigenvalue weighted by Crippen LogP contribution is 2.21. The summed E-state index contributed by atoms with van der Waals surface area (Å²) in [5, 5.41) is 0. The summed E-state index contributed by atoms with van der Waals surface area (Å²) in [6.45, 7) is 2.32. The molecule has 0 spiro atoms. The van der Waals surface area contributed by atoms with Crippen LogP contribution in [0.25, 0.3) is 0 Å². The fourth-order valence-electron chi connectivity index (χ4n) is 1.27. The third-order valence-electron chi connectivity index (χ3n) is 1.92. The number of rotatable bonds is 5. The smallest absolute Gasteiger partial charge is 0.168 e. The normalized spacial score (nSPS) is 10.2. The summed E-state index contributed by atoms with van der Waals surface area (Å²) in [6.07, 6.45) is 1.45. The predicted molar refractivity (Wildman–Crippen MR) is 56.6 cm³/mol. The van der Waals surface area contributed by atoms with E-state index < -0.39 is 0 Å². The molecule has 0 saturated carbocycles. The molecule has 1 aromatic rings. The van der Waals surface area contributed by atoms with Crippen LogP contribution in [0.3, 0.4) is 0 Å². The van der Waals surface area contributed by atoms with Crippen LogP contribution in [0, 0.1) is 5.82 Å². The SMILES string of the molecule is CCOc1cccc(CCCCl)c1F. The van der Waals surface area contributed by atoms with Crippen molar-refractivity contribution in [3.8, 4) is 5.75 Å². The Morgan fingerprint density at radius 1 is 1.43 bits per heavy atom. The number of ether oxygens (including phenoxy) is 1. The topological polar surface area (TPSA) is 9.23 Å². The highest BCUT2D eigenvalue weighted by Gasteiger charge is 2.07. The molecule has 0 N–H and O–H groups in total. The molecule has 0 aromatic heterocycles. The molecule has 0 aliphatic carbocycles. The van der Waals surface area contributed by atoms with Crippen molar-refractivity contribution in [3.05, 3.63) is 29.6 Å². The first-order valence-corrected chi connectivity index (χ1v) is 5.29. The summed E-state index contributed by atoms with van der Waals surface area (Å²) < 4.78 is 18.8. The first-order chi connectivity index (χ1) is 6.79. The Morgan fingerprint density at radius 3 is 2.86 bits per heavy atom. The molecule has 1 nitrogen and oxygen atoms in total. The minimum Gasteiger partial charge on any atom is -0.491 e. The van der Waals surface area contributed by atoms with Crippen molar-refractivity contribution >= 4 is 11.6 Å². The largest absolute Gasteiger partial charge is 0.491 e. The maximum Gasteiger partial charge on any atom is 0.168 e. The Kier molecular flexibility index (Phi) is 4.74. The van der Waals surface area contributed by atoms with Gasteiger partial charge in [-0.25, -0.2) is 4.39 Å². The van der Waals surface area contributed by atoms with Gasteiger partial charge in [0.25, 0.3) is 0 Å². The van der Waals surface area contributed by atoms with Crippen molar-refractivity contribution in [1.29, 1.82) is 0 Å². The van der Waals surface area contributed by atoms with Crippen molar-refractivity contribution in [1.82, 2.24) is 0 Å². The van der Waals surface area contributed by atoms with E-state index in [1.165, 1.54) is 0 Å². The molecule has 0 heterocycles. The van der Waals surface area contributed by atoms with Gasteiger partial charge < -0.3 is 4.74 Å². The van der Waals surface area contributed by atoms with E-state index in [9.17, 15) is 4.39 Å². The van der Waals surface area contributed by atoms with Gasteiger partial charge in [0.15, 0.2) is 11.6 Å². The fraction of sp³-hybridized carbons (Fsp3) is 0.455. The van der Waals surface area contributed by atoms with E-state index >= 15 is 0 Å². The maximum absolute atomic E-state index is 13.6. The van der Waals surface area contributed by atoms with Gasteiger partial charge >= 0.3 is 0 Å². The van der Waals surface area contributed by atoms with Gasteiger partial charge in [-0.15, -0.1) is 11.6 Å². The first-order valence-electron chi connectivity index (χ1n) is 4.75. The number of hydrogen-bond acceptors (Lipinski definition) is 1. The first kappa shape index (κ1) is 11.3. The minimum absolute atomic E-state index is 0.250. The van der Waals surface area contributed by atoms with Crippen LogP contribution in [0.15, 0.2) is 18.2 Å². The quantitative estimate of drug-likeness (QED) is 0.686. The lowest BCUT2D eigenvalue weighted by Gasteiger charge is -2.07. The average molecular weight is 217 g/mol. The molecule has 0 aliphatic heterocycles. The summed E-state index contributed by atoms with van der Waals surface area (Å²) in [4.78, 5) is 0. The van der Waals surface area contributed by atoms with Crippen molar-refractivity contribution in [2.45, 2.75) is 19.8 Å². The second-order valence-corrected chi connectivity index (χ2v) is 3.33. The predicted octanol–water partition coefficient (Wildman–Crippen LogP) is 3.40. The second-order valence-electron chi connectivity index (χ2n) is 2.95. The van der Waals surface area contributed by atoms with Crippen LogP contribution in [-0.2, 0) is 6.42 Å². The average Bonchev–Trinajstić information content (AvgIpc) is 2.20. The lowest BCUT2D eigenvalue weighted by atomic mass is 10.1. The van der Waals surface area contributed by atoms with Gasteiger partial charge in [-0.2, -0.15) is 0 Å². The number of halogens is 2. The van der Waals surface area contributed by atoms with E-state index in [0.29, 0.717) is 30.2 Å². The lowest BCUT2D eigenvalue weighted by Crippen LogP contribution is -1.98. The maximum atomic E-state index is 13.6. The van der Waals surface area contributed by atoms with Crippen LogP contribution in [0.4, 0.5) is 4.39 Å². The van der Waals surface area contributed by atoms with Gasteiger partial charge in [-0.05, 0) is 31.4 Å². The highest BCUT2D eigenvalue weighted by molar-refractivity contribution is 6.17. The van der Waals surface area contributed by atoms with Gasteiger partial charge in [0.2, 0.25) is 0 Å². The Balaban J connectivity index is 2.78. The van der Waals surface area contributed by atoms with E-state index in [-0.39, 0.29) is 5.82 Å².